The Hall–Kier alpha value is -7.48. The smallest absolute Gasteiger partial charge is 0.0742 e. The summed E-state index contributed by atoms with van der Waals surface area (Å²) < 4.78 is 2.52. The molecule has 276 valence electrons. The first kappa shape index (κ1) is 33.6. The summed E-state index contributed by atoms with van der Waals surface area (Å²) in [5.41, 5.74) is 14.7. The third kappa shape index (κ3) is 4.98. The van der Waals surface area contributed by atoms with Gasteiger partial charge in [-0.2, -0.15) is 0 Å². The van der Waals surface area contributed by atoms with E-state index in [1.807, 2.05) is 0 Å². The number of hydrogen-bond acceptors (Lipinski definition) is 0. The van der Waals surface area contributed by atoms with Gasteiger partial charge < -0.3 is 4.57 Å². The molecule has 11 aromatic rings. The third-order valence-electron chi connectivity index (χ3n) is 13.0. The topological polar surface area (TPSA) is 4.93 Å². The van der Waals surface area contributed by atoms with Crippen molar-refractivity contribution in [3.8, 4) is 16.8 Å². The van der Waals surface area contributed by atoms with Crippen LogP contribution in [0.25, 0.3) is 60.2 Å². The number of nitrogens with zero attached hydrogens (tertiary/aromatic N) is 1. The summed E-state index contributed by atoms with van der Waals surface area (Å²) in [6.45, 7) is 0. The van der Waals surface area contributed by atoms with Gasteiger partial charge in [-0.15, -0.1) is 0 Å². The zero-order chi connectivity index (χ0) is 38.9. The summed E-state index contributed by atoms with van der Waals surface area (Å²) in [5.74, 6) is 0.0660. The average Bonchev–Trinajstić information content (AvgIpc) is 3.65. The average molecular weight is 750 g/mol. The lowest BCUT2D eigenvalue weighted by atomic mass is 9.63. The Kier molecular flexibility index (Phi) is 7.58. The van der Waals surface area contributed by atoms with E-state index in [4.69, 9.17) is 0 Å². The van der Waals surface area contributed by atoms with E-state index in [9.17, 15) is 0 Å². The Bertz CT molecular complexity index is 3240. The Labute approximate surface area is 344 Å². The van der Waals surface area contributed by atoms with Crippen LogP contribution in [0.3, 0.4) is 0 Å². The van der Waals surface area contributed by atoms with E-state index < -0.39 is 5.41 Å². The summed E-state index contributed by atoms with van der Waals surface area (Å²) in [5, 5.41) is 7.65. The molecule has 0 atom stereocenters. The van der Waals surface area contributed by atoms with Crippen LogP contribution in [0, 0.1) is 0 Å². The van der Waals surface area contributed by atoms with Crippen LogP contribution >= 0.6 is 0 Å². The van der Waals surface area contributed by atoms with E-state index >= 15 is 0 Å². The van der Waals surface area contributed by atoms with Crippen LogP contribution in [0.15, 0.2) is 231 Å². The fraction of sp³-hybridized carbons (Fsp3) is 0.0345. The summed E-state index contributed by atoms with van der Waals surface area (Å²) in [7, 11) is 0. The molecule has 2 heterocycles. The van der Waals surface area contributed by atoms with E-state index in [-0.39, 0.29) is 5.92 Å². The van der Waals surface area contributed by atoms with E-state index in [1.165, 1.54) is 99.1 Å². The van der Waals surface area contributed by atoms with Crippen LogP contribution in [-0.2, 0) is 5.41 Å². The predicted octanol–water partition coefficient (Wildman–Crippen LogP) is 14.6. The molecule has 1 aromatic heterocycles. The van der Waals surface area contributed by atoms with Crippen LogP contribution < -0.4 is 0 Å². The molecule has 59 heavy (non-hydrogen) atoms. The molecule has 0 unspecified atom stereocenters. The van der Waals surface area contributed by atoms with Gasteiger partial charge in [-0.3, -0.25) is 0 Å². The fourth-order valence-corrected chi connectivity index (χ4v) is 10.5. The molecule has 0 aliphatic carbocycles. The molecular weight excluding hydrogens is 711 g/mol. The Balaban J connectivity index is 1.04. The van der Waals surface area contributed by atoms with Crippen molar-refractivity contribution >= 4 is 43.4 Å². The molecule has 0 saturated carbocycles. The van der Waals surface area contributed by atoms with Gasteiger partial charge in [0, 0.05) is 16.7 Å². The summed E-state index contributed by atoms with van der Waals surface area (Å²) in [6, 6.07) is 85.6. The summed E-state index contributed by atoms with van der Waals surface area (Å²) in [6.07, 6.45) is 0. The lowest BCUT2D eigenvalue weighted by molar-refractivity contribution is 0.728. The molecule has 0 saturated heterocycles. The SMILES string of the molecule is c1ccc(C2(c3ccccc3)c3ccccc3-n3c4ccc(-c5ccc(C(c6cccc7ccccc67)c6cccc7ccccc67)cc5)cc4c4cccc2c43)cc1. The second kappa shape index (κ2) is 13.3. The van der Waals surface area contributed by atoms with Crippen LogP contribution in [0.5, 0.6) is 0 Å². The van der Waals surface area contributed by atoms with Gasteiger partial charge in [-0.1, -0.05) is 212 Å². The highest BCUT2D eigenvalue weighted by Crippen LogP contribution is 2.54. The second-order valence-corrected chi connectivity index (χ2v) is 16.0. The molecule has 1 nitrogen and oxygen atoms in total. The summed E-state index contributed by atoms with van der Waals surface area (Å²) >= 11 is 0. The number of fused-ring (bicyclic) bond motifs is 7. The monoisotopic (exact) mass is 749 g/mol. The van der Waals surface area contributed by atoms with Crippen LogP contribution in [0.2, 0.25) is 0 Å². The lowest BCUT2D eigenvalue weighted by Gasteiger charge is -2.41. The van der Waals surface area contributed by atoms with Crippen LogP contribution in [0.1, 0.15) is 44.9 Å². The van der Waals surface area contributed by atoms with E-state index in [0.717, 1.165) is 0 Å². The van der Waals surface area contributed by atoms with E-state index in [0.29, 0.717) is 0 Å². The Morgan fingerprint density at radius 2 is 0.864 bits per heavy atom. The highest BCUT2D eigenvalue weighted by molar-refractivity contribution is 6.13. The molecule has 0 bridgehead atoms. The quantitative estimate of drug-likeness (QED) is 0.149. The molecule has 0 spiro atoms. The molecule has 0 N–H and O–H groups in total. The van der Waals surface area contributed by atoms with Gasteiger partial charge in [0.1, 0.15) is 0 Å². The zero-order valence-electron chi connectivity index (χ0n) is 32.5. The number of aromatic nitrogens is 1. The zero-order valence-corrected chi connectivity index (χ0v) is 32.5. The second-order valence-electron chi connectivity index (χ2n) is 16.0. The molecule has 10 aromatic carbocycles. The first-order valence-corrected chi connectivity index (χ1v) is 20.6. The molecule has 0 amide bonds. The minimum absolute atomic E-state index is 0.0660. The first-order chi connectivity index (χ1) is 29.3. The molecule has 0 fully saturated rings. The molecule has 1 aliphatic heterocycles. The minimum Gasteiger partial charge on any atom is -0.309 e. The van der Waals surface area contributed by atoms with Gasteiger partial charge in [0.25, 0.3) is 0 Å². The minimum atomic E-state index is -0.480. The van der Waals surface area contributed by atoms with Crippen LogP contribution in [-0.4, -0.2) is 4.57 Å². The highest BCUT2D eigenvalue weighted by Gasteiger charge is 2.45. The molecule has 1 aliphatic rings. The molecule has 0 radical (unpaired) electrons. The highest BCUT2D eigenvalue weighted by atomic mass is 15.0. The van der Waals surface area contributed by atoms with Crippen molar-refractivity contribution in [2.45, 2.75) is 11.3 Å². The summed E-state index contributed by atoms with van der Waals surface area (Å²) in [4.78, 5) is 0. The first-order valence-electron chi connectivity index (χ1n) is 20.6. The van der Waals surface area contributed by atoms with Gasteiger partial charge in [0.05, 0.1) is 22.1 Å². The van der Waals surface area contributed by atoms with Crippen molar-refractivity contribution in [2.24, 2.45) is 0 Å². The number of rotatable bonds is 6. The maximum Gasteiger partial charge on any atom is 0.0742 e. The lowest BCUT2D eigenvalue weighted by Crippen LogP contribution is -2.35. The molecule has 1 heteroatoms. The molecule has 12 rings (SSSR count). The molecular formula is C58H39N. The predicted molar refractivity (Wildman–Crippen MR) is 247 cm³/mol. The van der Waals surface area contributed by atoms with Gasteiger partial charge in [-0.25, -0.2) is 0 Å². The third-order valence-corrected chi connectivity index (χ3v) is 13.0. The fourth-order valence-electron chi connectivity index (χ4n) is 10.5. The van der Waals surface area contributed by atoms with E-state index in [2.05, 4.69) is 235 Å². The maximum absolute atomic E-state index is 2.52. The van der Waals surface area contributed by atoms with Gasteiger partial charge in [0.15, 0.2) is 0 Å². The largest absolute Gasteiger partial charge is 0.309 e. The number of benzene rings is 10. The maximum atomic E-state index is 2.52. The van der Waals surface area contributed by atoms with Gasteiger partial charge in [0.2, 0.25) is 0 Å². The van der Waals surface area contributed by atoms with Crippen molar-refractivity contribution in [3.05, 3.63) is 269 Å². The van der Waals surface area contributed by atoms with E-state index in [1.54, 1.807) is 0 Å². The number of hydrogen-bond donors (Lipinski definition) is 0. The number of para-hydroxylation sites is 2. The van der Waals surface area contributed by atoms with Crippen molar-refractivity contribution in [1.82, 2.24) is 4.57 Å². The Morgan fingerprint density at radius 1 is 0.356 bits per heavy atom. The van der Waals surface area contributed by atoms with Gasteiger partial charge >= 0.3 is 0 Å². The van der Waals surface area contributed by atoms with Crippen molar-refractivity contribution in [2.75, 3.05) is 0 Å². The van der Waals surface area contributed by atoms with Crippen molar-refractivity contribution < 1.29 is 0 Å². The van der Waals surface area contributed by atoms with Crippen LogP contribution in [0.4, 0.5) is 0 Å². The normalized spacial score (nSPS) is 13.0. The van der Waals surface area contributed by atoms with Crippen molar-refractivity contribution in [1.29, 1.82) is 0 Å². The standard InChI is InChI=1S/C58H39N/c1-3-20-44(21-4-1)58(45-22-5-2-6-23-45)52-29-11-12-31-55(52)59-54-37-36-43(38-51(54)50-28-15-30-53(58)57(50)59)39-32-34-42(35-33-39)56(48-26-13-18-40-16-7-9-24-46(40)48)49-27-14-19-41-17-8-10-25-47(41)49/h1-38,56H. The Morgan fingerprint density at radius 3 is 1.53 bits per heavy atom. The van der Waals surface area contributed by atoms with Crippen molar-refractivity contribution in [3.63, 3.8) is 0 Å². The van der Waals surface area contributed by atoms with Gasteiger partial charge in [-0.05, 0) is 89.8 Å².